The molecule has 0 saturated heterocycles. The summed E-state index contributed by atoms with van der Waals surface area (Å²) in [5, 5.41) is 7.32. The first-order valence-electron chi connectivity index (χ1n) is 4.64. The smallest absolute Gasteiger partial charge is 0.132 e. The largest absolute Gasteiger partial charge is 0.370 e. The summed E-state index contributed by atoms with van der Waals surface area (Å²) < 4.78 is 2.27. The molecule has 0 aromatic rings. The normalized spacial score (nSPS) is 15.8. The number of rotatable bonds is 5. The first-order valence-corrected chi connectivity index (χ1v) is 6.15. The highest BCUT2D eigenvalue weighted by molar-refractivity contribution is 9.18. The number of hydrogen-bond donors (Lipinski definition) is 2. The van der Waals surface area contributed by atoms with E-state index in [1.165, 1.54) is 23.4 Å². The third-order valence-corrected chi connectivity index (χ3v) is 2.48. The van der Waals surface area contributed by atoms with Gasteiger partial charge in [0.2, 0.25) is 0 Å². The lowest BCUT2D eigenvalue weighted by Gasteiger charge is -2.21. The van der Waals surface area contributed by atoms with Gasteiger partial charge in [-0.3, -0.25) is 5.43 Å². The Labute approximate surface area is 101 Å². The quantitative estimate of drug-likeness (QED) is 0.602. The number of unbranched alkanes of at least 4 members (excludes halogenated alkanes) is 2. The van der Waals surface area contributed by atoms with E-state index in [-0.39, 0.29) is 0 Å². The van der Waals surface area contributed by atoms with Crippen molar-refractivity contribution in [1.29, 1.82) is 0 Å². The highest BCUT2D eigenvalue weighted by Crippen LogP contribution is 2.08. The van der Waals surface area contributed by atoms with Gasteiger partial charge in [-0.15, -0.1) is 9.25 Å². The zero-order chi connectivity index (χ0) is 10.4. The third-order valence-electron chi connectivity index (χ3n) is 1.76. The molecular weight excluding hydrogens is 312 g/mol. The summed E-state index contributed by atoms with van der Waals surface area (Å²) in [7, 11) is 0. The molecule has 0 amide bonds. The molecule has 0 aliphatic carbocycles. The number of nitrogens with one attached hydrogen (secondary N) is 2. The number of halogens is 2. The Bertz CT molecular complexity index is 239. The van der Waals surface area contributed by atoms with Gasteiger partial charge in [-0.25, -0.2) is 0 Å². The molecule has 1 heterocycles. The van der Waals surface area contributed by atoms with E-state index in [4.69, 9.17) is 0 Å². The van der Waals surface area contributed by atoms with Crippen molar-refractivity contribution in [2.45, 2.75) is 26.2 Å². The second kappa shape index (κ2) is 6.29. The summed E-state index contributed by atoms with van der Waals surface area (Å²) >= 11 is 6.53. The zero-order valence-electron chi connectivity index (χ0n) is 8.06. The van der Waals surface area contributed by atoms with Gasteiger partial charge in [-0.05, 0) is 22.4 Å². The molecule has 0 radical (unpaired) electrons. The van der Waals surface area contributed by atoms with E-state index >= 15 is 0 Å². The SMILES string of the molecule is CCCCCNC1=CC(Br)=NN(Br)N1. The molecular formula is C8H14Br2N4. The molecule has 1 rings (SSSR count). The number of hydrogen-bond acceptors (Lipinski definition) is 4. The first kappa shape index (κ1) is 11.8. The molecule has 0 spiro atoms. The van der Waals surface area contributed by atoms with E-state index in [0.717, 1.165) is 17.0 Å². The predicted molar refractivity (Wildman–Crippen MR) is 65.9 cm³/mol. The van der Waals surface area contributed by atoms with E-state index < -0.39 is 0 Å². The van der Waals surface area contributed by atoms with Crippen molar-refractivity contribution in [2.24, 2.45) is 5.10 Å². The monoisotopic (exact) mass is 324 g/mol. The topological polar surface area (TPSA) is 39.7 Å². The molecule has 0 fully saturated rings. The van der Waals surface area contributed by atoms with Crippen LogP contribution in [0.25, 0.3) is 0 Å². The molecule has 0 aromatic carbocycles. The second-order valence-electron chi connectivity index (χ2n) is 2.99. The minimum atomic E-state index is 0.783. The Morgan fingerprint density at radius 1 is 1.57 bits per heavy atom. The molecule has 14 heavy (non-hydrogen) atoms. The minimum absolute atomic E-state index is 0.783. The van der Waals surface area contributed by atoms with E-state index in [9.17, 15) is 0 Å². The van der Waals surface area contributed by atoms with E-state index in [1.54, 1.807) is 0 Å². The van der Waals surface area contributed by atoms with Crippen molar-refractivity contribution in [2.75, 3.05) is 6.54 Å². The summed E-state index contributed by atoms with van der Waals surface area (Å²) in [6, 6.07) is 0. The molecule has 4 nitrogen and oxygen atoms in total. The summed E-state index contributed by atoms with van der Waals surface area (Å²) in [5.74, 6) is 0.944. The van der Waals surface area contributed by atoms with E-state index in [1.807, 2.05) is 6.08 Å². The average molecular weight is 326 g/mol. The predicted octanol–water partition coefficient (Wildman–Crippen LogP) is 2.45. The van der Waals surface area contributed by atoms with Crippen LogP contribution in [0, 0.1) is 0 Å². The van der Waals surface area contributed by atoms with Crippen LogP contribution in [0.4, 0.5) is 0 Å². The van der Waals surface area contributed by atoms with Crippen LogP contribution >= 0.6 is 32.1 Å². The van der Waals surface area contributed by atoms with Crippen LogP contribution in [-0.4, -0.2) is 15.3 Å². The molecule has 0 atom stereocenters. The van der Waals surface area contributed by atoms with Crippen molar-refractivity contribution in [3.63, 3.8) is 0 Å². The maximum atomic E-state index is 4.03. The molecule has 1 aliphatic rings. The van der Waals surface area contributed by atoms with Crippen LogP contribution in [0.3, 0.4) is 0 Å². The van der Waals surface area contributed by atoms with Gasteiger partial charge >= 0.3 is 0 Å². The Kier molecular flexibility index (Phi) is 5.32. The zero-order valence-corrected chi connectivity index (χ0v) is 11.2. The van der Waals surface area contributed by atoms with Gasteiger partial charge in [0.25, 0.3) is 0 Å². The van der Waals surface area contributed by atoms with Crippen LogP contribution in [-0.2, 0) is 0 Å². The molecule has 1 aliphatic heterocycles. The van der Waals surface area contributed by atoms with Gasteiger partial charge in [-0.1, -0.05) is 19.8 Å². The maximum absolute atomic E-state index is 4.03. The van der Waals surface area contributed by atoms with Crippen molar-refractivity contribution >= 4 is 36.7 Å². The van der Waals surface area contributed by atoms with Gasteiger partial charge < -0.3 is 5.32 Å². The van der Waals surface area contributed by atoms with Crippen molar-refractivity contribution in [1.82, 2.24) is 14.9 Å². The van der Waals surface area contributed by atoms with E-state index in [2.05, 4.69) is 54.8 Å². The third kappa shape index (κ3) is 4.32. The van der Waals surface area contributed by atoms with Crippen LogP contribution < -0.4 is 10.7 Å². The molecule has 0 bridgehead atoms. The van der Waals surface area contributed by atoms with Gasteiger partial charge in [0, 0.05) is 12.6 Å². The lowest BCUT2D eigenvalue weighted by molar-refractivity contribution is 0.405. The standard InChI is InChI=1S/C8H14Br2N4/c1-2-3-4-5-11-8-6-7(9)12-14(10)13-8/h6,11,13H,2-5H2,1H3. The fourth-order valence-corrected chi connectivity index (χ4v) is 2.04. The van der Waals surface area contributed by atoms with Crippen LogP contribution in [0.1, 0.15) is 26.2 Å². The van der Waals surface area contributed by atoms with Gasteiger partial charge in [0.15, 0.2) is 0 Å². The lowest BCUT2D eigenvalue weighted by Crippen LogP contribution is -2.36. The number of nitrogens with zero attached hydrogens (tertiary/aromatic N) is 2. The number of hydrazone groups is 1. The van der Waals surface area contributed by atoms with Crippen molar-refractivity contribution in [3.8, 4) is 0 Å². The molecule has 2 N–H and O–H groups in total. The molecule has 0 saturated carbocycles. The van der Waals surface area contributed by atoms with Gasteiger partial charge in [0.1, 0.15) is 10.4 Å². The summed E-state index contributed by atoms with van der Waals surface area (Å²) in [6.07, 6.45) is 5.59. The highest BCUT2D eigenvalue weighted by Gasteiger charge is 2.07. The Balaban J connectivity index is 2.27. The first-order chi connectivity index (χ1) is 6.72. The molecule has 0 aromatic heterocycles. The van der Waals surface area contributed by atoms with Gasteiger partial charge in [0.05, 0.1) is 16.1 Å². The van der Waals surface area contributed by atoms with Crippen LogP contribution in [0.2, 0.25) is 0 Å². The number of allylic oxidation sites excluding steroid dienone is 1. The fraction of sp³-hybridized carbons (Fsp3) is 0.625. The van der Waals surface area contributed by atoms with E-state index in [0.29, 0.717) is 0 Å². The fourth-order valence-electron chi connectivity index (χ4n) is 1.08. The molecule has 80 valence electrons. The maximum Gasteiger partial charge on any atom is 0.132 e. The Hall–Kier alpha value is -0.230. The summed E-state index contributed by atoms with van der Waals surface area (Å²) in [5.41, 5.74) is 3.01. The lowest BCUT2D eigenvalue weighted by atomic mass is 10.2. The molecule has 0 unspecified atom stereocenters. The minimum Gasteiger partial charge on any atom is -0.370 e. The van der Waals surface area contributed by atoms with Crippen LogP contribution in [0.15, 0.2) is 17.0 Å². The summed E-state index contributed by atoms with van der Waals surface area (Å²) in [4.78, 5) is 0. The highest BCUT2D eigenvalue weighted by atomic mass is 79.9. The van der Waals surface area contributed by atoms with Gasteiger partial charge in [-0.2, -0.15) is 0 Å². The molecule has 6 heteroatoms. The Morgan fingerprint density at radius 3 is 3.00 bits per heavy atom. The van der Waals surface area contributed by atoms with Crippen molar-refractivity contribution < 1.29 is 0 Å². The van der Waals surface area contributed by atoms with Crippen molar-refractivity contribution in [3.05, 3.63) is 11.9 Å². The average Bonchev–Trinajstić information content (AvgIpc) is 2.11. The summed E-state index contributed by atoms with van der Waals surface area (Å²) in [6.45, 7) is 3.18. The Morgan fingerprint density at radius 2 is 2.36 bits per heavy atom. The van der Waals surface area contributed by atoms with Crippen LogP contribution in [0.5, 0.6) is 0 Å². The second-order valence-corrected chi connectivity index (χ2v) is 4.47. The number of hydrazine groups is 1.